The van der Waals surface area contributed by atoms with Crippen LogP contribution in [0.15, 0.2) is 24.4 Å². The Morgan fingerprint density at radius 3 is 2.35 bits per heavy atom. The summed E-state index contributed by atoms with van der Waals surface area (Å²) in [4.78, 5) is 13.0. The SMILES string of the molecule is CCC(CC)(CC)C(=O)n1cc(C)c2cccc(Cl)c21. The Balaban J connectivity index is 2.67. The van der Waals surface area contributed by atoms with Gasteiger partial charge >= 0.3 is 0 Å². The Morgan fingerprint density at radius 2 is 1.80 bits per heavy atom. The number of aryl methyl sites for hydroxylation is 1. The quantitative estimate of drug-likeness (QED) is 0.733. The van der Waals surface area contributed by atoms with Crippen LogP contribution < -0.4 is 0 Å². The molecule has 0 atom stereocenters. The summed E-state index contributed by atoms with van der Waals surface area (Å²) in [6.07, 6.45) is 4.47. The lowest BCUT2D eigenvalue weighted by atomic mass is 9.79. The summed E-state index contributed by atoms with van der Waals surface area (Å²) < 4.78 is 1.77. The fourth-order valence-electron chi connectivity index (χ4n) is 3.03. The van der Waals surface area contributed by atoms with E-state index in [4.69, 9.17) is 11.6 Å². The minimum atomic E-state index is -0.294. The third kappa shape index (κ3) is 2.16. The number of nitrogens with zero attached hydrogens (tertiary/aromatic N) is 1. The van der Waals surface area contributed by atoms with E-state index in [1.54, 1.807) is 4.57 Å². The van der Waals surface area contributed by atoms with Gasteiger partial charge in [0, 0.05) is 17.0 Å². The van der Waals surface area contributed by atoms with Gasteiger partial charge in [-0.2, -0.15) is 0 Å². The van der Waals surface area contributed by atoms with Crippen LogP contribution in [0.4, 0.5) is 0 Å². The Labute approximate surface area is 125 Å². The van der Waals surface area contributed by atoms with Crippen LogP contribution in [0.3, 0.4) is 0 Å². The van der Waals surface area contributed by atoms with Gasteiger partial charge in [0.25, 0.3) is 0 Å². The van der Waals surface area contributed by atoms with Crippen molar-refractivity contribution in [3.63, 3.8) is 0 Å². The number of fused-ring (bicyclic) bond motifs is 1. The number of hydrogen-bond donors (Lipinski definition) is 0. The number of para-hydroxylation sites is 1. The summed E-state index contributed by atoms with van der Waals surface area (Å²) in [5.74, 6) is 0.163. The molecule has 2 aromatic rings. The molecule has 0 fully saturated rings. The summed E-state index contributed by atoms with van der Waals surface area (Å²) >= 11 is 6.33. The number of aromatic nitrogens is 1. The summed E-state index contributed by atoms with van der Waals surface area (Å²) in [6, 6.07) is 5.80. The Bertz CT molecular complexity index is 629. The molecule has 0 N–H and O–H groups in total. The maximum absolute atomic E-state index is 13.0. The second-order valence-electron chi connectivity index (χ2n) is 5.46. The van der Waals surface area contributed by atoms with E-state index in [0.717, 1.165) is 35.7 Å². The van der Waals surface area contributed by atoms with Crippen LogP contribution >= 0.6 is 11.6 Å². The molecule has 0 aliphatic carbocycles. The number of halogens is 1. The smallest absolute Gasteiger partial charge is 0.237 e. The van der Waals surface area contributed by atoms with Gasteiger partial charge in [0.2, 0.25) is 5.91 Å². The van der Waals surface area contributed by atoms with Crippen molar-refractivity contribution in [1.82, 2.24) is 4.57 Å². The number of benzene rings is 1. The molecule has 0 radical (unpaired) electrons. The first-order valence-corrected chi connectivity index (χ1v) is 7.69. The molecule has 0 bridgehead atoms. The van der Waals surface area contributed by atoms with Crippen molar-refractivity contribution < 1.29 is 4.79 Å². The minimum absolute atomic E-state index is 0.163. The van der Waals surface area contributed by atoms with E-state index in [9.17, 15) is 4.79 Å². The highest BCUT2D eigenvalue weighted by molar-refractivity contribution is 6.35. The third-order valence-corrected chi connectivity index (χ3v) is 4.98. The molecule has 1 aromatic heterocycles. The monoisotopic (exact) mass is 291 g/mol. The maximum atomic E-state index is 13.0. The Hall–Kier alpha value is -1.28. The molecule has 1 aromatic carbocycles. The lowest BCUT2D eigenvalue weighted by Crippen LogP contribution is -2.33. The predicted octanol–water partition coefficient (Wildman–Crippen LogP) is 5.46. The number of carbonyl (C=O) groups excluding carboxylic acids is 1. The van der Waals surface area contributed by atoms with Crippen LogP contribution in [-0.2, 0) is 0 Å². The minimum Gasteiger partial charge on any atom is -0.285 e. The molecule has 0 saturated carbocycles. The largest absolute Gasteiger partial charge is 0.285 e. The van der Waals surface area contributed by atoms with Gasteiger partial charge in [-0.25, -0.2) is 0 Å². The molecule has 0 amide bonds. The lowest BCUT2D eigenvalue weighted by molar-refractivity contribution is 0.0675. The van der Waals surface area contributed by atoms with Crippen LogP contribution in [0.2, 0.25) is 5.02 Å². The third-order valence-electron chi connectivity index (χ3n) is 4.68. The zero-order valence-corrected chi connectivity index (χ0v) is 13.4. The molecule has 0 unspecified atom stereocenters. The fourth-order valence-corrected chi connectivity index (χ4v) is 3.29. The highest BCUT2D eigenvalue weighted by atomic mass is 35.5. The molecule has 0 spiro atoms. The van der Waals surface area contributed by atoms with E-state index >= 15 is 0 Å². The average molecular weight is 292 g/mol. The molecular weight excluding hydrogens is 270 g/mol. The summed E-state index contributed by atoms with van der Waals surface area (Å²) in [6.45, 7) is 8.29. The van der Waals surface area contributed by atoms with Crippen LogP contribution in [0, 0.1) is 12.3 Å². The molecule has 0 aliphatic rings. The highest BCUT2D eigenvalue weighted by Crippen LogP contribution is 2.36. The Kier molecular flexibility index (Phi) is 4.24. The van der Waals surface area contributed by atoms with Crippen LogP contribution in [0.25, 0.3) is 10.9 Å². The standard InChI is InChI=1S/C17H22ClNO/c1-5-17(6-2,7-3)16(20)19-11-12(4)13-9-8-10-14(18)15(13)19/h8-11H,5-7H2,1-4H3. The van der Waals surface area contributed by atoms with E-state index in [-0.39, 0.29) is 11.3 Å². The van der Waals surface area contributed by atoms with Gasteiger partial charge < -0.3 is 0 Å². The van der Waals surface area contributed by atoms with Gasteiger partial charge in [0.1, 0.15) is 0 Å². The van der Waals surface area contributed by atoms with E-state index in [0.29, 0.717) is 5.02 Å². The van der Waals surface area contributed by atoms with E-state index < -0.39 is 0 Å². The molecule has 20 heavy (non-hydrogen) atoms. The molecule has 1 heterocycles. The topological polar surface area (TPSA) is 22.0 Å². The number of hydrogen-bond acceptors (Lipinski definition) is 1. The lowest BCUT2D eigenvalue weighted by Gasteiger charge is -2.29. The molecule has 2 rings (SSSR count). The Morgan fingerprint density at radius 1 is 1.20 bits per heavy atom. The first-order valence-electron chi connectivity index (χ1n) is 7.31. The summed E-state index contributed by atoms with van der Waals surface area (Å²) in [5, 5.41) is 1.70. The summed E-state index contributed by atoms with van der Waals surface area (Å²) in [7, 11) is 0. The first kappa shape index (κ1) is 15.1. The van der Waals surface area contributed by atoms with Crippen molar-refractivity contribution in [3.05, 3.63) is 35.0 Å². The van der Waals surface area contributed by atoms with Crippen molar-refractivity contribution in [2.45, 2.75) is 47.0 Å². The van der Waals surface area contributed by atoms with Crippen molar-refractivity contribution in [2.75, 3.05) is 0 Å². The van der Waals surface area contributed by atoms with E-state index in [1.165, 1.54) is 0 Å². The van der Waals surface area contributed by atoms with E-state index in [1.807, 2.05) is 31.3 Å². The van der Waals surface area contributed by atoms with Gasteiger partial charge in [0.05, 0.1) is 10.5 Å². The average Bonchev–Trinajstić information content (AvgIpc) is 2.80. The second-order valence-corrected chi connectivity index (χ2v) is 5.87. The molecule has 108 valence electrons. The van der Waals surface area contributed by atoms with Crippen LogP contribution in [-0.4, -0.2) is 10.5 Å². The normalized spacial score (nSPS) is 12.1. The van der Waals surface area contributed by atoms with Gasteiger partial charge in [-0.3, -0.25) is 9.36 Å². The van der Waals surface area contributed by atoms with Crippen LogP contribution in [0.5, 0.6) is 0 Å². The maximum Gasteiger partial charge on any atom is 0.237 e. The van der Waals surface area contributed by atoms with Crippen molar-refractivity contribution in [3.8, 4) is 0 Å². The molecule has 3 heteroatoms. The zero-order chi connectivity index (χ0) is 14.9. The van der Waals surface area contributed by atoms with Crippen molar-refractivity contribution in [1.29, 1.82) is 0 Å². The van der Waals surface area contributed by atoms with Crippen molar-refractivity contribution in [2.24, 2.45) is 5.41 Å². The number of rotatable bonds is 4. The molecule has 2 nitrogen and oxygen atoms in total. The van der Waals surface area contributed by atoms with Gasteiger partial charge in [0.15, 0.2) is 0 Å². The van der Waals surface area contributed by atoms with Gasteiger partial charge in [-0.05, 0) is 37.8 Å². The van der Waals surface area contributed by atoms with Crippen molar-refractivity contribution >= 4 is 28.4 Å². The molecule has 0 saturated heterocycles. The first-order chi connectivity index (χ1) is 9.50. The highest BCUT2D eigenvalue weighted by Gasteiger charge is 2.35. The fraction of sp³-hybridized carbons (Fsp3) is 0.471. The molecular formula is C17H22ClNO. The van der Waals surface area contributed by atoms with Crippen LogP contribution in [0.1, 0.15) is 50.4 Å². The van der Waals surface area contributed by atoms with Gasteiger partial charge in [-0.1, -0.05) is 44.5 Å². The number of carbonyl (C=O) groups is 1. The van der Waals surface area contributed by atoms with Gasteiger partial charge in [-0.15, -0.1) is 0 Å². The summed E-state index contributed by atoms with van der Waals surface area (Å²) in [5.41, 5.74) is 1.64. The molecule has 0 aliphatic heterocycles. The zero-order valence-electron chi connectivity index (χ0n) is 12.7. The van der Waals surface area contributed by atoms with E-state index in [2.05, 4.69) is 20.8 Å². The second kappa shape index (κ2) is 5.61. The predicted molar refractivity (Wildman–Crippen MR) is 85.6 cm³/mol.